The summed E-state index contributed by atoms with van der Waals surface area (Å²) in [5.41, 5.74) is 0. The van der Waals surface area contributed by atoms with E-state index in [1.165, 1.54) is 6.08 Å². The van der Waals surface area contributed by atoms with Crippen LogP contribution in [0.2, 0.25) is 0 Å². The van der Waals surface area contributed by atoms with Gasteiger partial charge in [-0.3, -0.25) is 9.84 Å². The summed E-state index contributed by atoms with van der Waals surface area (Å²) in [6.45, 7) is 8.30. The predicted molar refractivity (Wildman–Crippen MR) is 70.0 cm³/mol. The van der Waals surface area contributed by atoms with Crippen molar-refractivity contribution in [3.63, 3.8) is 0 Å². The van der Waals surface area contributed by atoms with Crippen molar-refractivity contribution in [3.05, 3.63) is 11.8 Å². The highest BCUT2D eigenvalue weighted by atomic mass is 32.4. The van der Waals surface area contributed by atoms with Gasteiger partial charge in [0, 0.05) is 0 Å². The summed E-state index contributed by atoms with van der Waals surface area (Å²) in [5.74, 6) is -0.0455. The lowest BCUT2D eigenvalue weighted by Crippen LogP contribution is -2.14. The van der Waals surface area contributed by atoms with Crippen molar-refractivity contribution in [2.75, 3.05) is 13.3 Å². The Hall–Kier alpha value is -0.550. The molecule has 0 aromatic carbocycles. The SMILES string of the molecule is CCNCO[P+](=S)O/C(C)=C\C(=O)OC(C)C. The maximum Gasteiger partial charge on any atom is 0.574 e. The molecule has 5 nitrogen and oxygen atoms in total. The fourth-order valence-electron chi connectivity index (χ4n) is 0.803. The van der Waals surface area contributed by atoms with Gasteiger partial charge in [0.15, 0.2) is 12.5 Å². The van der Waals surface area contributed by atoms with Gasteiger partial charge in [-0.15, -0.1) is 4.52 Å². The third kappa shape index (κ3) is 10.3. The number of esters is 1. The standard InChI is InChI=1S/C10H19NO4PS/c1-5-11-7-13-16(17)15-9(4)6-10(12)14-8(2)3/h6,8,11H,5,7H2,1-4H3/q+1/b9-6-. The van der Waals surface area contributed by atoms with Crippen LogP contribution in [0.15, 0.2) is 11.8 Å². The van der Waals surface area contributed by atoms with Crippen molar-refractivity contribution in [1.82, 2.24) is 5.32 Å². The Kier molecular flexibility index (Phi) is 9.17. The fraction of sp³-hybridized carbons (Fsp3) is 0.700. The summed E-state index contributed by atoms with van der Waals surface area (Å²) in [5, 5.41) is 2.96. The molecule has 0 rings (SSSR count). The van der Waals surface area contributed by atoms with Crippen molar-refractivity contribution < 1.29 is 18.6 Å². The first-order chi connectivity index (χ1) is 7.95. The Balaban J connectivity index is 3.97. The first-order valence-electron chi connectivity index (χ1n) is 5.33. The molecule has 0 heterocycles. The summed E-state index contributed by atoms with van der Waals surface area (Å²) in [4.78, 5) is 11.2. The normalized spacial score (nSPS) is 12.5. The molecule has 0 fully saturated rings. The molecule has 0 radical (unpaired) electrons. The Morgan fingerprint density at radius 2 is 2.18 bits per heavy atom. The van der Waals surface area contributed by atoms with Gasteiger partial charge in [0.25, 0.3) is 0 Å². The lowest BCUT2D eigenvalue weighted by atomic mass is 10.4. The van der Waals surface area contributed by atoms with Crippen LogP contribution < -0.4 is 5.32 Å². The molecule has 0 aliphatic carbocycles. The minimum atomic E-state index is -1.44. The number of carbonyl (C=O) groups is 1. The van der Waals surface area contributed by atoms with Gasteiger partial charge in [-0.25, -0.2) is 4.79 Å². The van der Waals surface area contributed by atoms with E-state index in [1.807, 2.05) is 6.92 Å². The first kappa shape index (κ1) is 16.4. The number of allylic oxidation sites excluding steroid dienone is 1. The number of ether oxygens (including phenoxy) is 1. The summed E-state index contributed by atoms with van der Waals surface area (Å²) >= 11 is 4.96. The van der Waals surface area contributed by atoms with Gasteiger partial charge in [0.2, 0.25) is 11.8 Å². The smallest absolute Gasteiger partial charge is 0.460 e. The van der Waals surface area contributed by atoms with Gasteiger partial charge in [-0.2, -0.15) is 0 Å². The van der Waals surface area contributed by atoms with Gasteiger partial charge >= 0.3 is 13.1 Å². The molecule has 1 atom stereocenters. The number of nitrogens with one attached hydrogen (secondary N) is 1. The Morgan fingerprint density at radius 1 is 1.53 bits per heavy atom. The molecule has 1 N–H and O–H groups in total. The summed E-state index contributed by atoms with van der Waals surface area (Å²) in [6, 6.07) is 0. The molecule has 0 spiro atoms. The summed E-state index contributed by atoms with van der Waals surface area (Å²) in [7, 11) is -1.44. The van der Waals surface area contributed by atoms with E-state index in [1.54, 1.807) is 20.8 Å². The Bertz CT molecular complexity index is 294. The molecular formula is C10H19NO4PS+. The zero-order valence-electron chi connectivity index (χ0n) is 10.6. The predicted octanol–water partition coefficient (Wildman–Crippen LogP) is 2.22. The van der Waals surface area contributed by atoms with Crippen molar-refractivity contribution >= 4 is 24.9 Å². The highest BCUT2D eigenvalue weighted by Gasteiger charge is 2.16. The van der Waals surface area contributed by atoms with E-state index in [9.17, 15) is 4.79 Å². The van der Waals surface area contributed by atoms with E-state index in [0.717, 1.165) is 6.54 Å². The zero-order valence-corrected chi connectivity index (χ0v) is 12.3. The van der Waals surface area contributed by atoms with E-state index in [4.69, 9.17) is 25.6 Å². The molecule has 0 aromatic heterocycles. The molecule has 0 aromatic rings. The molecule has 0 bridgehead atoms. The third-order valence-corrected chi connectivity index (χ3v) is 2.73. The zero-order chi connectivity index (χ0) is 13.3. The molecule has 0 aliphatic heterocycles. The van der Waals surface area contributed by atoms with Crippen LogP contribution in [0.1, 0.15) is 27.7 Å². The van der Waals surface area contributed by atoms with E-state index < -0.39 is 13.1 Å². The molecule has 98 valence electrons. The summed E-state index contributed by atoms with van der Waals surface area (Å²) < 4.78 is 15.3. The minimum absolute atomic E-state index is 0.151. The maximum atomic E-state index is 11.2. The molecule has 1 unspecified atom stereocenters. The van der Waals surface area contributed by atoms with Crippen molar-refractivity contribution in [2.45, 2.75) is 33.8 Å². The lowest BCUT2D eigenvalue weighted by molar-refractivity contribution is -0.141. The lowest BCUT2D eigenvalue weighted by Gasteiger charge is -2.04. The number of hydrogen-bond donors (Lipinski definition) is 1. The minimum Gasteiger partial charge on any atom is -0.460 e. The average molecular weight is 280 g/mol. The Morgan fingerprint density at radius 3 is 2.71 bits per heavy atom. The largest absolute Gasteiger partial charge is 0.574 e. The molecule has 0 saturated heterocycles. The van der Waals surface area contributed by atoms with E-state index in [-0.39, 0.29) is 6.10 Å². The second-order valence-corrected chi connectivity index (χ2v) is 5.21. The number of carbonyl (C=O) groups excluding carboxylic acids is 1. The van der Waals surface area contributed by atoms with E-state index >= 15 is 0 Å². The third-order valence-electron chi connectivity index (χ3n) is 1.41. The van der Waals surface area contributed by atoms with Crippen LogP contribution in [0.25, 0.3) is 0 Å². The molecule has 17 heavy (non-hydrogen) atoms. The van der Waals surface area contributed by atoms with Crippen molar-refractivity contribution in [2.24, 2.45) is 0 Å². The van der Waals surface area contributed by atoms with Crippen LogP contribution >= 0.6 is 7.15 Å². The van der Waals surface area contributed by atoms with Crippen LogP contribution in [0.3, 0.4) is 0 Å². The number of hydrogen-bond acceptors (Lipinski definition) is 6. The van der Waals surface area contributed by atoms with Crippen molar-refractivity contribution in [3.8, 4) is 0 Å². The highest BCUT2D eigenvalue weighted by molar-refractivity contribution is 8.00. The summed E-state index contributed by atoms with van der Waals surface area (Å²) in [6.07, 6.45) is 1.11. The van der Waals surface area contributed by atoms with Gasteiger partial charge in [-0.05, 0) is 27.3 Å². The van der Waals surface area contributed by atoms with Crippen LogP contribution in [0.4, 0.5) is 0 Å². The van der Waals surface area contributed by atoms with Crippen LogP contribution in [0, 0.1) is 0 Å². The second kappa shape index (κ2) is 9.48. The first-order valence-corrected chi connectivity index (χ1v) is 7.52. The van der Waals surface area contributed by atoms with Crippen LogP contribution in [-0.2, 0) is 30.4 Å². The molecule has 0 aliphatic rings. The molecule has 0 saturated carbocycles. The number of rotatable bonds is 8. The van der Waals surface area contributed by atoms with Crippen LogP contribution in [-0.4, -0.2) is 25.3 Å². The van der Waals surface area contributed by atoms with Gasteiger partial charge in [-0.1, -0.05) is 6.92 Å². The molecular weight excluding hydrogens is 261 g/mol. The monoisotopic (exact) mass is 280 g/mol. The topological polar surface area (TPSA) is 56.8 Å². The van der Waals surface area contributed by atoms with Crippen LogP contribution in [0.5, 0.6) is 0 Å². The van der Waals surface area contributed by atoms with Gasteiger partial charge in [0.05, 0.1) is 12.2 Å². The van der Waals surface area contributed by atoms with Gasteiger partial charge < -0.3 is 4.74 Å². The quantitative estimate of drug-likeness (QED) is 0.184. The molecule has 7 heteroatoms. The van der Waals surface area contributed by atoms with Crippen molar-refractivity contribution in [1.29, 1.82) is 0 Å². The Labute approximate surface area is 108 Å². The second-order valence-electron chi connectivity index (χ2n) is 3.43. The van der Waals surface area contributed by atoms with E-state index in [0.29, 0.717) is 12.5 Å². The fourth-order valence-corrected chi connectivity index (χ4v) is 1.85. The van der Waals surface area contributed by atoms with Gasteiger partial charge in [0.1, 0.15) is 0 Å². The molecule has 0 amide bonds. The van der Waals surface area contributed by atoms with E-state index in [2.05, 4.69) is 5.32 Å². The average Bonchev–Trinajstić information content (AvgIpc) is 2.15. The maximum absolute atomic E-state index is 11.2. The highest BCUT2D eigenvalue weighted by Crippen LogP contribution is 2.27.